The third-order valence-corrected chi connectivity index (χ3v) is 4.70. The van der Waals surface area contributed by atoms with Crippen LogP contribution in [0.4, 0.5) is 0 Å². The summed E-state index contributed by atoms with van der Waals surface area (Å²) in [6.45, 7) is 5.83. The molecule has 0 unspecified atom stereocenters. The van der Waals surface area contributed by atoms with Crippen molar-refractivity contribution in [3.8, 4) is 0 Å². The normalized spacial score (nSPS) is 21.5. The van der Waals surface area contributed by atoms with Crippen LogP contribution in [0.25, 0.3) is 0 Å². The summed E-state index contributed by atoms with van der Waals surface area (Å²) in [4.78, 5) is 11.4. The highest BCUT2D eigenvalue weighted by Crippen LogP contribution is 2.35. The molecule has 0 bridgehead atoms. The first-order valence-electron chi connectivity index (χ1n) is 5.61. The minimum Gasteiger partial charge on any atom is -0.289 e. The first kappa shape index (κ1) is 15.4. The van der Waals surface area contributed by atoms with Gasteiger partial charge < -0.3 is 0 Å². The molecule has 0 atom stereocenters. The lowest BCUT2D eigenvalue weighted by Gasteiger charge is -2.33. The Morgan fingerprint density at radius 1 is 1.31 bits per heavy atom. The molecule has 1 fully saturated rings. The Bertz CT molecular complexity index is 310. The van der Waals surface area contributed by atoms with Crippen molar-refractivity contribution in [1.82, 2.24) is 5.48 Å². The van der Waals surface area contributed by atoms with Gasteiger partial charge in [-0.1, -0.05) is 20.8 Å². The molecule has 0 radical (unpaired) electrons. The highest BCUT2D eigenvalue weighted by atomic mass is 32.2. The lowest BCUT2D eigenvalue weighted by atomic mass is 9.79. The van der Waals surface area contributed by atoms with E-state index in [1.54, 1.807) is 5.48 Å². The lowest BCUT2D eigenvalue weighted by molar-refractivity contribution is -0.140. The van der Waals surface area contributed by atoms with E-state index in [4.69, 9.17) is 5.21 Å². The lowest BCUT2D eigenvalue weighted by Crippen LogP contribution is -2.44. The second-order valence-corrected chi connectivity index (χ2v) is 6.03. The minimum absolute atomic E-state index is 0.0360. The number of amides is 1. The second kappa shape index (κ2) is 6.20. The zero-order chi connectivity index (χ0) is 12.8. The van der Waals surface area contributed by atoms with Crippen molar-refractivity contribution in [2.75, 3.05) is 11.5 Å². The smallest absolute Gasteiger partial charge is 0.249 e. The van der Waals surface area contributed by atoms with Gasteiger partial charge in [0.2, 0.25) is 5.91 Å². The van der Waals surface area contributed by atoms with E-state index < -0.39 is 21.2 Å². The van der Waals surface area contributed by atoms with Gasteiger partial charge in [-0.05, 0) is 19.3 Å². The number of hydrogen-bond donors (Lipinski definition) is 2. The van der Waals surface area contributed by atoms with Crippen LogP contribution in [-0.4, -0.2) is 31.0 Å². The van der Waals surface area contributed by atoms with E-state index in [2.05, 4.69) is 0 Å². The Morgan fingerprint density at radius 2 is 1.75 bits per heavy atom. The van der Waals surface area contributed by atoms with E-state index in [1.165, 1.54) is 0 Å². The molecule has 2 N–H and O–H groups in total. The second-order valence-electron chi connectivity index (χ2n) is 3.73. The molecular weight excluding hydrogens is 230 g/mol. The van der Waals surface area contributed by atoms with Crippen molar-refractivity contribution in [3.63, 3.8) is 0 Å². The van der Waals surface area contributed by atoms with E-state index >= 15 is 0 Å². The summed E-state index contributed by atoms with van der Waals surface area (Å²) in [5, 5.41) is 8.56. The summed E-state index contributed by atoms with van der Waals surface area (Å²) in [6.07, 6.45) is 1.16. The molecule has 1 saturated heterocycles. The fraction of sp³-hybridized carbons (Fsp3) is 0.900. The topological polar surface area (TPSA) is 83.5 Å². The highest BCUT2D eigenvalue weighted by molar-refractivity contribution is 7.91. The predicted octanol–water partition coefficient (Wildman–Crippen LogP) is 1.12. The molecular formula is C10H21NO4S. The Kier molecular flexibility index (Phi) is 5.96. The molecule has 1 amide bonds. The number of carbonyl (C=O) groups is 1. The van der Waals surface area contributed by atoms with Gasteiger partial charge in [0.1, 0.15) is 9.84 Å². The van der Waals surface area contributed by atoms with Gasteiger partial charge in [-0.15, -0.1) is 0 Å². The van der Waals surface area contributed by atoms with Crippen LogP contribution in [0.5, 0.6) is 0 Å². The molecule has 0 saturated carbocycles. The van der Waals surface area contributed by atoms with Crippen molar-refractivity contribution in [2.24, 2.45) is 5.41 Å². The van der Waals surface area contributed by atoms with E-state index in [0.717, 1.165) is 0 Å². The molecule has 1 rings (SSSR count). The summed E-state index contributed by atoms with van der Waals surface area (Å²) in [5.74, 6) is -0.391. The number of hydroxylamine groups is 1. The molecule has 16 heavy (non-hydrogen) atoms. The Balaban J connectivity index is 0.00000106. The predicted molar refractivity (Wildman–Crippen MR) is 61.9 cm³/mol. The summed E-state index contributed by atoms with van der Waals surface area (Å²) in [6, 6.07) is 0. The standard InChI is InChI=1S/C8H15NO4S.C2H6/c1-2-8(7(10)9-11)3-5-14(12,13)6-4-8;1-2/h11H,2-6H2,1H3,(H,9,10);1-2H3. The molecule has 96 valence electrons. The number of hydrogen-bond acceptors (Lipinski definition) is 4. The van der Waals surface area contributed by atoms with E-state index in [1.807, 2.05) is 20.8 Å². The van der Waals surface area contributed by atoms with Gasteiger partial charge in [-0.3, -0.25) is 10.0 Å². The quantitative estimate of drug-likeness (QED) is 0.569. The number of rotatable bonds is 2. The van der Waals surface area contributed by atoms with Crippen LogP contribution in [0.15, 0.2) is 0 Å². The summed E-state index contributed by atoms with van der Waals surface area (Å²) >= 11 is 0. The van der Waals surface area contributed by atoms with Crippen LogP contribution < -0.4 is 5.48 Å². The molecule has 0 aromatic carbocycles. The molecule has 0 aliphatic carbocycles. The summed E-state index contributed by atoms with van der Waals surface area (Å²) in [7, 11) is -2.97. The maximum atomic E-state index is 11.4. The maximum Gasteiger partial charge on any atom is 0.249 e. The third kappa shape index (κ3) is 3.45. The third-order valence-electron chi connectivity index (χ3n) is 3.04. The Hall–Kier alpha value is -0.620. The zero-order valence-electron chi connectivity index (χ0n) is 10.1. The molecule has 1 heterocycles. The fourth-order valence-corrected chi connectivity index (χ4v) is 3.40. The first-order valence-corrected chi connectivity index (χ1v) is 7.43. The van der Waals surface area contributed by atoms with Crippen molar-refractivity contribution in [1.29, 1.82) is 0 Å². The van der Waals surface area contributed by atoms with Crippen molar-refractivity contribution < 1.29 is 18.4 Å². The Labute approximate surface area is 97.1 Å². The van der Waals surface area contributed by atoms with Gasteiger partial charge in [-0.2, -0.15) is 0 Å². The molecule has 1 aliphatic rings. The minimum atomic E-state index is -2.97. The monoisotopic (exact) mass is 251 g/mol. The van der Waals surface area contributed by atoms with Gasteiger partial charge in [0.25, 0.3) is 0 Å². The van der Waals surface area contributed by atoms with Crippen molar-refractivity contribution >= 4 is 15.7 Å². The van der Waals surface area contributed by atoms with Crippen LogP contribution in [0.3, 0.4) is 0 Å². The molecule has 0 spiro atoms. The van der Waals surface area contributed by atoms with Gasteiger partial charge in [0.15, 0.2) is 0 Å². The maximum absolute atomic E-state index is 11.4. The van der Waals surface area contributed by atoms with Crippen LogP contribution in [0, 0.1) is 5.41 Å². The van der Waals surface area contributed by atoms with Crippen LogP contribution in [0.2, 0.25) is 0 Å². The average Bonchev–Trinajstić information content (AvgIpc) is 2.31. The molecule has 0 aromatic rings. The SMILES string of the molecule is CC.CCC1(C(=O)NO)CCS(=O)(=O)CC1. The van der Waals surface area contributed by atoms with E-state index in [0.29, 0.717) is 19.3 Å². The largest absolute Gasteiger partial charge is 0.289 e. The first-order chi connectivity index (χ1) is 7.46. The highest BCUT2D eigenvalue weighted by Gasteiger charge is 2.41. The van der Waals surface area contributed by atoms with Gasteiger partial charge in [0, 0.05) is 0 Å². The summed E-state index contributed by atoms with van der Waals surface area (Å²) < 4.78 is 22.3. The molecule has 5 nitrogen and oxygen atoms in total. The number of sulfone groups is 1. The van der Waals surface area contributed by atoms with Crippen LogP contribution >= 0.6 is 0 Å². The Morgan fingerprint density at radius 3 is 2.06 bits per heavy atom. The van der Waals surface area contributed by atoms with Crippen molar-refractivity contribution in [3.05, 3.63) is 0 Å². The van der Waals surface area contributed by atoms with E-state index in [9.17, 15) is 13.2 Å². The van der Waals surface area contributed by atoms with Crippen LogP contribution in [0.1, 0.15) is 40.0 Å². The number of carbonyl (C=O) groups excluding carboxylic acids is 1. The van der Waals surface area contributed by atoms with E-state index in [-0.39, 0.29) is 11.5 Å². The zero-order valence-corrected chi connectivity index (χ0v) is 10.9. The summed E-state index contributed by atoms with van der Waals surface area (Å²) in [5.41, 5.74) is 0.926. The average molecular weight is 251 g/mol. The molecule has 6 heteroatoms. The molecule has 1 aliphatic heterocycles. The molecule has 0 aromatic heterocycles. The fourth-order valence-electron chi connectivity index (χ4n) is 1.79. The van der Waals surface area contributed by atoms with Gasteiger partial charge in [-0.25, -0.2) is 13.9 Å². The van der Waals surface area contributed by atoms with Gasteiger partial charge >= 0.3 is 0 Å². The van der Waals surface area contributed by atoms with Crippen molar-refractivity contribution in [2.45, 2.75) is 40.0 Å². The van der Waals surface area contributed by atoms with Gasteiger partial charge in [0.05, 0.1) is 16.9 Å². The number of nitrogens with one attached hydrogen (secondary N) is 1. The van der Waals surface area contributed by atoms with Crippen LogP contribution in [-0.2, 0) is 14.6 Å².